The smallest absolute Gasteiger partial charge is 0.320 e. The van der Waals surface area contributed by atoms with Crippen LogP contribution in [0.5, 0.6) is 17.2 Å². The third kappa shape index (κ3) is 5.17. The van der Waals surface area contributed by atoms with Gasteiger partial charge < -0.3 is 15.2 Å². The lowest BCUT2D eigenvalue weighted by Crippen LogP contribution is -2.39. The number of amidine groups is 1. The molecule has 0 unspecified atom stereocenters. The molecule has 0 heterocycles. The van der Waals surface area contributed by atoms with Crippen molar-refractivity contribution in [2.24, 2.45) is 5.73 Å². The largest absolute Gasteiger partial charge is 0.484 e. The minimum Gasteiger partial charge on any atom is -0.484 e. The first-order valence-electron chi connectivity index (χ1n) is 7.33. The van der Waals surface area contributed by atoms with E-state index in [1.54, 1.807) is 0 Å². The molecule has 0 aliphatic rings. The van der Waals surface area contributed by atoms with Crippen molar-refractivity contribution in [3.8, 4) is 23.3 Å². The molecule has 0 aromatic heterocycles. The van der Waals surface area contributed by atoms with Crippen molar-refractivity contribution in [2.45, 2.75) is 0 Å². The highest BCUT2D eigenvalue weighted by molar-refractivity contribution is 6.38. The maximum atomic E-state index is 11.1. The number of nitrogens with zero attached hydrogens (tertiary/aromatic N) is 2. The van der Waals surface area contributed by atoms with Gasteiger partial charge in [0.25, 0.3) is 0 Å². The number of carbonyl (C=O) groups is 1. The Morgan fingerprint density at radius 2 is 2.00 bits per heavy atom. The molecule has 0 saturated carbocycles. The van der Waals surface area contributed by atoms with E-state index in [2.05, 4.69) is 0 Å². The zero-order chi connectivity index (χ0) is 20.1. The SMILES string of the molecule is CN(C(=N)COc1ccc(Cl)c(Oc2cc(Cl)cc(C#N)c2)c1Cl)C(N)=O. The number of hydrogen-bond acceptors (Lipinski definition) is 5. The van der Waals surface area contributed by atoms with Gasteiger partial charge in [-0.3, -0.25) is 10.3 Å². The van der Waals surface area contributed by atoms with Crippen LogP contribution in [-0.4, -0.2) is 30.4 Å². The zero-order valence-electron chi connectivity index (χ0n) is 13.9. The highest BCUT2D eigenvalue weighted by atomic mass is 35.5. The summed E-state index contributed by atoms with van der Waals surface area (Å²) < 4.78 is 11.1. The summed E-state index contributed by atoms with van der Waals surface area (Å²) in [5.74, 6) is 0.378. The molecule has 0 aliphatic heterocycles. The maximum Gasteiger partial charge on any atom is 0.320 e. The molecule has 27 heavy (non-hydrogen) atoms. The Bertz CT molecular complexity index is 944. The average Bonchev–Trinajstić information content (AvgIpc) is 2.62. The molecule has 2 amide bonds. The lowest BCUT2D eigenvalue weighted by atomic mass is 10.2. The number of primary amides is 1. The molecular weight excluding hydrogens is 415 g/mol. The van der Waals surface area contributed by atoms with Gasteiger partial charge in [0, 0.05) is 12.1 Å². The predicted octanol–water partition coefficient (Wildman–Crippen LogP) is 4.68. The van der Waals surface area contributed by atoms with Crippen LogP contribution in [0.4, 0.5) is 4.79 Å². The first-order valence-corrected chi connectivity index (χ1v) is 8.46. The first kappa shape index (κ1) is 20.6. The lowest BCUT2D eigenvalue weighted by molar-refractivity contribution is 0.233. The van der Waals surface area contributed by atoms with Crippen LogP contribution in [0.1, 0.15) is 5.56 Å². The van der Waals surface area contributed by atoms with Crippen LogP contribution < -0.4 is 15.2 Å². The van der Waals surface area contributed by atoms with Gasteiger partial charge in [-0.05, 0) is 30.3 Å². The summed E-state index contributed by atoms with van der Waals surface area (Å²) >= 11 is 18.4. The zero-order valence-corrected chi connectivity index (χ0v) is 16.2. The second-order valence-corrected chi connectivity index (χ2v) is 6.43. The van der Waals surface area contributed by atoms with Crippen molar-refractivity contribution in [1.82, 2.24) is 4.90 Å². The Balaban J connectivity index is 2.25. The molecule has 140 valence electrons. The number of carbonyl (C=O) groups excluding carboxylic acids is 1. The fourth-order valence-corrected chi connectivity index (χ4v) is 2.63. The molecule has 7 nitrogen and oxygen atoms in total. The summed E-state index contributed by atoms with van der Waals surface area (Å²) in [6.07, 6.45) is 0. The highest BCUT2D eigenvalue weighted by Gasteiger charge is 2.17. The number of benzene rings is 2. The Kier molecular flexibility index (Phi) is 6.75. The van der Waals surface area contributed by atoms with Crippen LogP contribution in [0.2, 0.25) is 15.1 Å². The Hall–Kier alpha value is -2.66. The van der Waals surface area contributed by atoms with Crippen LogP contribution in [0, 0.1) is 16.7 Å². The molecule has 0 saturated heterocycles. The molecule has 3 N–H and O–H groups in total. The van der Waals surface area contributed by atoms with E-state index in [0.717, 1.165) is 4.90 Å². The van der Waals surface area contributed by atoms with Gasteiger partial charge in [-0.2, -0.15) is 5.26 Å². The molecule has 0 spiro atoms. The van der Waals surface area contributed by atoms with Crippen molar-refractivity contribution in [3.05, 3.63) is 51.0 Å². The standard InChI is InChI=1S/C17H13Cl3N4O3/c1-24(17(23)25)14(22)8-26-13-3-2-12(19)16(15(13)20)27-11-5-9(7-21)4-10(18)6-11/h2-6,22H,8H2,1H3,(H2,23,25). The third-order valence-electron chi connectivity index (χ3n) is 3.33. The second-order valence-electron chi connectivity index (χ2n) is 5.21. The number of nitrogens with one attached hydrogen (secondary N) is 1. The van der Waals surface area contributed by atoms with Crippen LogP contribution in [0.25, 0.3) is 0 Å². The van der Waals surface area contributed by atoms with Crippen molar-refractivity contribution < 1.29 is 14.3 Å². The summed E-state index contributed by atoms with van der Waals surface area (Å²) in [7, 11) is 1.35. The van der Waals surface area contributed by atoms with Crippen molar-refractivity contribution in [3.63, 3.8) is 0 Å². The summed E-state index contributed by atoms with van der Waals surface area (Å²) in [5.41, 5.74) is 5.40. The minimum absolute atomic E-state index is 0.0514. The number of halogens is 3. The van der Waals surface area contributed by atoms with Crippen LogP contribution in [0.3, 0.4) is 0 Å². The first-order chi connectivity index (χ1) is 12.7. The van der Waals surface area contributed by atoms with Crippen LogP contribution in [-0.2, 0) is 0 Å². The number of likely N-dealkylation sites (N-methyl/N-ethyl adjacent to an activating group) is 1. The van der Waals surface area contributed by atoms with E-state index in [9.17, 15) is 4.79 Å². The number of amides is 2. The molecule has 10 heteroatoms. The average molecular weight is 428 g/mol. The van der Waals surface area contributed by atoms with Crippen molar-refractivity contribution in [1.29, 1.82) is 10.7 Å². The van der Waals surface area contributed by atoms with Gasteiger partial charge in [-0.1, -0.05) is 34.8 Å². The molecule has 0 bridgehead atoms. The predicted molar refractivity (Wildman–Crippen MR) is 103 cm³/mol. The molecule has 2 rings (SSSR count). The molecular formula is C17H13Cl3N4O3. The summed E-state index contributed by atoms with van der Waals surface area (Å²) in [6, 6.07) is 8.63. The summed E-state index contributed by atoms with van der Waals surface area (Å²) in [5, 5.41) is 17.3. The number of nitrogens with two attached hydrogens (primary N) is 1. The Morgan fingerprint density at radius 3 is 2.63 bits per heavy atom. The van der Waals surface area contributed by atoms with Gasteiger partial charge >= 0.3 is 6.03 Å². The van der Waals surface area contributed by atoms with Gasteiger partial charge in [0.1, 0.15) is 29.0 Å². The minimum atomic E-state index is -0.788. The molecule has 2 aromatic carbocycles. The summed E-state index contributed by atoms with van der Waals surface area (Å²) in [6.45, 7) is -0.254. The fourth-order valence-electron chi connectivity index (χ4n) is 1.90. The highest BCUT2D eigenvalue weighted by Crippen LogP contribution is 2.42. The normalized spacial score (nSPS) is 10.0. The lowest BCUT2D eigenvalue weighted by Gasteiger charge is -2.17. The van der Waals surface area contributed by atoms with Gasteiger partial charge in [-0.15, -0.1) is 0 Å². The van der Waals surface area contributed by atoms with Crippen molar-refractivity contribution >= 4 is 46.7 Å². The fraction of sp³-hybridized carbons (Fsp3) is 0.118. The van der Waals surface area contributed by atoms with Crippen molar-refractivity contribution in [2.75, 3.05) is 13.7 Å². The molecule has 2 aromatic rings. The van der Waals surface area contributed by atoms with Gasteiger partial charge in [0.15, 0.2) is 5.75 Å². The van der Waals surface area contributed by atoms with Gasteiger partial charge in [0.05, 0.1) is 16.7 Å². The summed E-state index contributed by atoms with van der Waals surface area (Å²) in [4.78, 5) is 12.0. The number of hydrogen-bond donors (Lipinski definition) is 2. The number of ether oxygens (including phenoxy) is 2. The van der Waals surface area contributed by atoms with Crippen LogP contribution >= 0.6 is 34.8 Å². The van der Waals surface area contributed by atoms with Gasteiger partial charge in [0.2, 0.25) is 0 Å². The second kappa shape index (κ2) is 8.82. The molecule has 0 fully saturated rings. The van der Waals surface area contributed by atoms with E-state index in [4.69, 9.17) is 60.7 Å². The molecule has 0 atom stereocenters. The van der Waals surface area contributed by atoms with Crippen LogP contribution in [0.15, 0.2) is 30.3 Å². The third-order valence-corrected chi connectivity index (χ3v) is 4.21. The van der Waals surface area contributed by atoms with Gasteiger partial charge in [-0.25, -0.2) is 4.79 Å². The monoisotopic (exact) mass is 426 g/mol. The quantitative estimate of drug-likeness (QED) is 0.533. The van der Waals surface area contributed by atoms with E-state index >= 15 is 0 Å². The Labute approximate surface area is 170 Å². The van der Waals surface area contributed by atoms with E-state index in [-0.39, 0.29) is 39.7 Å². The topological polar surface area (TPSA) is 112 Å². The van der Waals surface area contributed by atoms with E-state index in [1.165, 1.54) is 37.4 Å². The van der Waals surface area contributed by atoms with E-state index in [0.29, 0.717) is 10.6 Å². The number of rotatable bonds is 5. The molecule has 0 aliphatic carbocycles. The Morgan fingerprint density at radius 1 is 1.30 bits per heavy atom. The maximum absolute atomic E-state index is 11.1. The number of nitriles is 1. The van der Waals surface area contributed by atoms with E-state index < -0.39 is 6.03 Å². The molecule has 0 radical (unpaired) electrons. The van der Waals surface area contributed by atoms with E-state index in [1.807, 2.05) is 6.07 Å². The number of urea groups is 1.